The second kappa shape index (κ2) is 9.77. The van der Waals surface area contributed by atoms with Gasteiger partial charge in [-0.3, -0.25) is 9.59 Å². The standard InChI is InChI=1S/C28H20BrFN4O3S/c1-2-13-37-19-10-7-16(8-11-19)25-31-28-34(32-25)27(36)24(38-28)23-20-14-18(29)9-12-22(20)33(26(23)35)15-17-5-3-4-6-21(17)30/h3-12,14H,2,13,15H2,1H3/b24-23-. The minimum Gasteiger partial charge on any atom is -0.494 e. The van der Waals surface area contributed by atoms with Crippen molar-refractivity contribution in [2.75, 3.05) is 11.5 Å². The normalized spacial score (nSPS) is 14.4. The summed E-state index contributed by atoms with van der Waals surface area (Å²) in [7, 11) is 0. The quantitative estimate of drug-likeness (QED) is 0.279. The summed E-state index contributed by atoms with van der Waals surface area (Å²) in [6.07, 6.45) is 0.916. The molecule has 0 spiro atoms. The van der Waals surface area contributed by atoms with E-state index < -0.39 is 11.4 Å². The van der Waals surface area contributed by atoms with Gasteiger partial charge in [0.2, 0.25) is 4.96 Å². The van der Waals surface area contributed by atoms with Gasteiger partial charge >= 0.3 is 0 Å². The summed E-state index contributed by atoms with van der Waals surface area (Å²) in [4.78, 5) is 33.6. The molecule has 0 atom stereocenters. The monoisotopic (exact) mass is 590 g/mol. The Morgan fingerprint density at radius 1 is 1.05 bits per heavy atom. The van der Waals surface area contributed by atoms with Gasteiger partial charge in [-0.15, -0.1) is 5.10 Å². The molecule has 1 aliphatic rings. The molecule has 2 aromatic heterocycles. The number of halogens is 2. The largest absolute Gasteiger partial charge is 0.494 e. The number of nitrogens with zero attached hydrogens (tertiary/aromatic N) is 4. The summed E-state index contributed by atoms with van der Waals surface area (Å²) in [5.74, 6) is 0.400. The van der Waals surface area contributed by atoms with Crippen molar-refractivity contribution in [1.29, 1.82) is 0 Å². The van der Waals surface area contributed by atoms with Crippen LogP contribution in [0.25, 0.3) is 21.9 Å². The Balaban J connectivity index is 1.43. The Morgan fingerprint density at radius 3 is 2.58 bits per heavy atom. The molecule has 0 aliphatic carbocycles. The van der Waals surface area contributed by atoms with Gasteiger partial charge in [0.15, 0.2) is 5.82 Å². The zero-order valence-corrected chi connectivity index (χ0v) is 22.6. The van der Waals surface area contributed by atoms with Crippen molar-refractivity contribution in [3.63, 3.8) is 0 Å². The van der Waals surface area contributed by atoms with E-state index in [4.69, 9.17) is 4.74 Å². The number of hydrogen-bond acceptors (Lipinski definition) is 6. The van der Waals surface area contributed by atoms with Crippen LogP contribution in [0.2, 0.25) is 0 Å². The first-order valence-electron chi connectivity index (χ1n) is 12.0. The predicted octanol–water partition coefficient (Wildman–Crippen LogP) is 4.97. The van der Waals surface area contributed by atoms with Crippen LogP contribution in [-0.2, 0) is 11.3 Å². The van der Waals surface area contributed by atoms with Crippen molar-refractivity contribution in [1.82, 2.24) is 14.6 Å². The van der Waals surface area contributed by atoms with Crippen LogP contribution >= 0.6 is 27.3 Å². The zero-order chi connectivity index (χ0) is 26.4. The minimum atomic E-state index is -0.423. The number of anilines is 1. The highest BCUT2D eigenvalue weighted by atomic mass is 79.9. The van der Waals surface area contributed by atoms with Crippen LogP contribution in [0, 0.1) is 5.82 Å². The molecular weight excluding hydrogens is 571 g/mol. The molecule has 1 amide bonds. The molecule has 3 heterocycles. The second-order valence-electron chi connectivity index (χ2n) is 8.76. The predicted molar refractivity (Wildman–Crippen MR) is 148 cm³/mol. The third-order valence-corrected chi connectivity index (χ3v) is 7.76. The van der Waals surface area contributed by atoms with Crippen LogP contribution in [0.4, 0.5) is 10.1 Å². The molecule has 7 nitrogen and oxygen atoms in total. The molecule has 190 valence electrons. The molecule has 38 heavy (non-hydrogen) atoms. The Morgan fingerprint density at radius 2 is 1.84 bits per heavy atom. The summed E-state index contributed by atoms with van der Waals surface area (Å²) in [6, 6.07) is 19.1. The maximum atomic E-state index is 14.4. The number of ether oxygens (including phenoxy) is 1. The van der Waals surface area contributed by atoms with E-state index in [-0.39, 0.29) is 22.6 Å². The molecule has 0 fully saturated rings. The smallest absolute Gasteiger partial charge is 0.291 e. The summed E-state index contributed by atoms with van der Waals surface area (Å²) in [5.41, 5.74) is 2.19. The average Bonchev–Trinajstić information content (AvgIpc) is 3.55. The highest BCUT2D eigenvalue weighted by Crippen LogP contribution is 2.38. The maximum absolute atomic E-state index is 14.4. The molecule has 0 saturated carbocycles. The fraction of sp³-hybridized carbons (Fsp3) is 0.143. The van der Waals surface area contributed by atoms with E-state index in [1.807, 2.05) is 37.3 Å². The first kappa shape index (κ1) is 24.4. The molecule has 1 aliphatic heterocycles. The molecule has 0 N–H and O–H groups in total. The fourth-order valence-corrected chi connectivity index (χ4v) is 5.76. The number of hydrogen-bond donors (Lipinski definition) is 0. The molecule has 0 bridgehead atoms. The Bertz CT molecular complexity index is 1820. The number of amides is 1. The number of fused-ring (bicyclic) bond motifs is 2. The number of benzene rings is 3. The van der Waals surface area contributed by atoms with Gasteiger partial charge in [0.25, 0.3) is 11.5 Å². The van der Waals surface area contributed by atoms with Crippen LogP contribution in [0.15, 0.2) is 76.0 Å². The highest BCUT2D eigenvalue weighted by Gasteiger charge is 2.35. The number of carbonyl (C=O) groups is 1. The SMILES string of the molecule is CCCOc1ccc(-c2nc3s/c(=C4\C(=O)N(Cc5ccccc5F)c5ccc(Br)cc54)c(=O)n3n2)cc1. The number of rotatable bonds is 6. The van der Waals surface area contributed by atoms with E-state index in [1.165, 1.54) is 15.5 Å². The van der Waals surface area contributed by atoms with Crippen LogP contribution in [-0.4, -0.2) is 27.1 Å². The summed E-state index contributed by atoms with van der Waals surface area (Å²) >= 11 is 4.58. The van der Waals surface area contributed by atoms with E-state index in [0.29, 0.717) is 34.2 Å². The molecular formula is C28H20BrFN4O3S. The van der Waals surface area contributed by atoms with Crippen LogP contribution in [0.5, 0.6) is 5.75 Å². The maximum Gasteiger partial charge on any atom is 0.291 e. The van der Waals surface area contributed by atoms with Crippen molar-refractivity contribution in [3.05, 3.63) is 103 Å². The Hall–Kier alpha value is -3.89. The van der Waals surface area contributed by atoms with E-state index in [9.17, 15) is 14.0 Å². The lowest BCUT2D eigenvalue weighted by molar-refractivity contribution is -0.113. The van der Waals surface area contributed by atoms with Gasteiger partial charge < -0.3 is 9.64 Å². The van der Waals surface area contributed by atoms with E-state index in [2.05, 4.69) is 26.0 Å². The van der Waals surface area contributed by atoms with Crippen molar-refractivity contribution < 1.29 is 13.9 Å². The Labute approximate surface area is 228 Å². The van der Waals surface area contributed by atoms with Gasteiger partial charge in [0, 0.05) is 21.2 Å². The number of thiazole rings is 1. The van der Waals surface area contributed by atoms with Gasteiger partial charge in [-0.2, -0.15) is 9.50 Å². The highest BCUT2D eigenvalue weighted by molar-refractivity contribution is 9.10. The average molecular weight is 591 g/mol. The van der Waals surface area contributed by atoms with Crippen molar-refractivity contribution in [3.8, 4) is 17.1 Å². The molecule has 0 saturated heterocycles. The van der Waals surface area contributed by atoms with Crippen LogP contribution in [0.3, 0.4) is 0 Å². The number of carbonyl (C=O) groups excluding carboxylic acids is 1. The third kappa shape index (κ3) is 4.19. The van der Waals surface area contributed by atoms with Gasteiger partial charge in [-0.05, 0) is 55.0 Å². The molecule has 10 heteroatoms. The van der Waals surface area contributed by atoms with Gasteiger partial charge in [0.05, 0.1) is 24.4 Å². The third-order valence-electron chi connectivity index (χ3n) is 6.23. The van der Waals surface area contributed by atoms with E-state index in [1.54, 1.807) is 30.3 Å². The van der Waals surface area contributed by atoms with Crippen molar-refractivity contribution >= 4 is 49.4 Å². The lowest BCUT2D eigenvalue weighted by atomic mass is 10.1. The molecule has 5 aromatic rings. The molecule has 6 rings (SSSR count). The molecule has 3 aromatic carbocycles. The minimum absolute atomic E-state index is 0.0424. The van der Waals surface area contributed by atoms with Crippen LogP contribution < -0.4 is 19.7 Å². The zero-order valence-electron chi connectivity index (χ0n) is 20.1. The topological polar surface area (TPSA) is 76.8 Å². The van der Waals surface area contributed by atoms with E-state index in [0.717, 1.165) is 33.5 Å². The van der Waals surface area contributed by atoms with Crippen molar-refractivity contribution in [2.24, 2.45) is 0 Å². The Kier molecular flexibility index (Phi) is 6.29. The van der Waals surface area contributed by atoms with Gasteiger partial charge in [-0.1, -0.05) is 52.4 Å². The summed E-state index contributed by atoms with van der Waals surface area (Å²) < 4.78 is 22.3. The molecule has 0 radical (unpaired) electrons. The summed E-state index contributed by atoms with van der Waals surface area (Å²) in [5, 5.41) is 4.43. The lowest BCUT2D eigenvalue weighted by Crippen LogP contribution is -2.32. The van der Waals surface area contributed by atoms with Gasteiger partial charge in [-0.25, -0.2) is 4.39 Å². The van der Waals surface area contributed by atoms with E-state index >= 15 is 0 Å². The van der Waals surface area contributed by atoms with Crippen molar-refractivity contribution in [2.45, 2.75) is 19.9 Å². The first-order chi connectivity index (χ1) is 18.4. The second-order valence-corrected chi connectivity index (χ2v) is 10.7. The number of aromatic nitrogens is 3. The summed E-state index contributed by atoms with van der Waals surface area (Å²) in [6.45, 7) is 2.72. The lowest BCUT2D eigenvalue weighted by Gasteiger charge is -2.17. The molecule has 0 unspecified atom stereocenters. The van der Waals surface area contributed by atoms with Gasteiger partial charge in [0.1, 0.15) is 16.1 Å². The fourth-order valence-electron chi connectivity index (χ4n) is 4.40. The first-order valence-corrected chi connectivity index (χ1v) is 13.6. The van der Waals surface area contributed by atoms with Crippen LogP contribution in [0.1, 0.15) is 24.5 Å².